The smallest absolute Gasteiger partial charge is 0.355 e. The second-order valence-corrected chi connectivity index (χ2v) is 13.6. The molecule has 44 heavy (non-hydrogen) atoms. The Hall–Kier alpha value is -3.23. The fourth-order valence-electron chi connectivity index (χ4n) is 5.69. The molecule has 1 aromatic rings. The van der Waals surface area contributed by atoms with Crippen LogP contribution in [0.3, 0.4) is 0 Å². The van der Waals surface area contributed by atoms with Crippen molar-refractivity contribution in [2.45, 2.75) is 74.4 Å². The third kappa shape index (κ3) is 7.88. The van der Waals surface area contributed by atoms with E-state index in [1.165, 1.54) is 16.7 Å². The van der Waals surface area contributed by atoms with Crippen LogP contribution in [0.2, 0.25) is 0 Å². The van der Waals surface area contributed by atoms with Gasteiger partial charge in [-0.25, -0.2) is 9.59 Å². The van der Waals surface area contributed by atoms with Gasteiger partial charge in [-0.15, -0.1) is 11.8 Å². The van der Waals surface area contributed by atoms with Crippen molar-refractivity contribution in [1.29, 1.82) is 0 Å². The van der Waals surface area contributed by atoms with Gasteiger partial charge in [-0.05, 0) is 30.9 Å². The molecule has 0 aromatic heterocycles. The molecule has 14 heteroatoms. The van der Waals surface area contributed by atoms with E-state index >= 15 is 0 Å². The molecular weight excluding hydrogens is 606 g/mol. The number of unbranched alkanes of at least 4 members (excludes halogenated alkanes) is 1. The summed E-state index contributed by atoms with van der Waals surface area (Å²) in [6.07, 6.45) is 3.18. The fraction of sp³-hybridized carbons (Fsp3) is 0.567. The van der Waals surface area contributed by atoms with E-state index < -0.39 is 12.0 Å². The summed E-state index contributed by atoms with van der Waals surface area (Å²) in [5, 5.41) is 11.6. The Morgan fingerprint density at radius 2 is 1.84 bits per heavy atom. The van der Waals surface area contributed by atoms with Crippen molar-refractivity contribution in [2.24, 2.45) is 0 Å². The summed E-state index contributed by atoms with van der Waals surface area (Å²) in [4.78, 5) is 63.3. The second kappa shape index (κ2) is 15.2. The topological polar surface area (TPSA) is 155 Å². The highest BCUT2D eigenvalue weighted by Crippen LogP contribution is 2.40. The molecule has 4 aliphatic rings. The van der Waals surface area contributed by atoms with Crippen molar-refractivity contribution in [3.05, 3.63) is 47.2 Å². The maximum absolute atomic E-state index is 12.9. The zero-order valence-corrected chi connectivity index (χ0v) is 26.3. The molecule has 0 radical (unpaired) electrons. The lowest BCUT2D eigenvalue weighted by Gasteiger charge is -2.49. The van der Waals surface area contributed by atoms with Crippen LogP contribution in [0.4, 0.5) is 4.79 Å². The Bertz CT molecular complexity index is 1280. The van der Waals surface area contributed by atoms with Gasteiger partial charge in [0.25, 0.3) is 5.91 Å². The van der Waals surface area contributed by atoms with E-state index in [-0.39, 0.29) is 73.1 Å². The monoisotopic (exact) mass is 645 g/mol. The molecule has 238 valence electrons. The first kappa shape index (κ1) is 32.2. The number of nitrogens with one attached hydrogen (secondary N) is 4. The third-order valence-corrected chi connectivity index (χ3v) is 10.9. The van der Waals surface area contributed by atoms with Gasteiger partial charge in [0.15, 0.2) is 0 Å². The summed E-state index contributed by atoms with van der Waals surface area (Å²) in [7, 11) is 0. The van der Waals surface area contributed by atoms with Crippen LogP contribution in [-0.4, -0.2) is 94.6 Å². The summed E-state index contributed by atoms with van der Waals surface area (Å²) < 4.78 is 11.0. The number of benzene rings is 1. The molecule has 5 atom stereocenters. The molecule has 0 spiro atoms. The maximum Gasteiger partial charge on any atom is 0.355 e. The number of hydrogen-bond acceptors (Lipinski definition) is 9. The SMILES string of the molecule is CC1=C(C(=O)OCc2ccccc2)N2C(=O)[C@H](NC(=O)CCOCCNC(=O)CCCC[C@@H]3SC[C@@H]4NC(=O)N[C@@H]43)[C@@H]2SC1. The lowest BCUT2D eigenvalue weighted by Crippen LogP contribution is -2.70. The molecule has 0 bridgehead atoms. The molecule has 4 N–H and O–H groups in total. The Morgan fingerprint density at radius 3 is 2.66 bits per heavy atom. The van der Waals surface area contributed by atoms with Crippen molar-refractivity contribution in [3.63, 3.8) is 0 Å². The Balaban J connectivity index is 0.916. The van der Waals surface area contributed by atoms with E-state index in [2.05, 4.69) is 21.3 Å². The highest BCUT2D eigenvalue weighted by Gasteiger charge is 2.54. The van der Waals surface area contributed by atoms with Crippen molar-refractivity contribution in [2.75, 3.05) is 31.3 Å². The van der Waals surface area contributed by atoms with Gasteiger partial charge in [0.05, 0.1) is 25.3 Å². The van der Waals surface area contributed by atoms with E-state index in [4.69, 9.17) is 9.47 Å². The molecule has 4 aliphatic heterocycles. The first-order valence-electron chi connectivity index (χ1n) is 15.0. The van der Waals surface area contributed by atoms with Gasteiger partial charge in [-0.1, -0.05) is 36.8 Å². The van der Waals surface area contributed by atoms with Crippen LogP contribution in [0.1, 0.15) is 44.6 Å². The molecule has 0 unspecified atom stereocenters. The summed E-state index contributed by atoms with van der Waals surface area (Å²) in [6.45, 7) is 2.71. The number of rotatable bonds is 15. The highest BCUT2D eigenvalue weighted by atomic mass is 32.2. The van der Waals surface area contributed by atoms with Crippen molar-refractivity contribution in [3.8, 4) is 0 Å². The lowest BCUT2D eigenvalue weighted by atomic mass is 10.0. The lowest BCUT2D eigenvalue weighted by molar-refractivity contribution is -0.153. The van der Waals surface area contributed by atoms with Gasteiger partial charge in [0.1, 0.15) is 23.7 Å². The predicted molar refractivity (Wildman–Crippen MR) is 166 cm³/mol. The summed E-state index contributed by atoms with van der Waals surface area (Å²) in [5.74, 6) is 0.257. The summed E-state index contributed by atoms with van der Waals surface area (Å²) in [6, 6.07) is 8.94. The van der Waals surface area contributed by atoms with E-state index in [1.807, 2.05) is 49.0 Å². The Labute approximate surface area is 265 Å². The third-order valence-electron chi connectivity index (χ3n) is 8.00. The minimum Gasteiger partial charge on any atom is -0.456 e. The second-order valence-electron chi connectivity index (χ2n) is 11.2. The molecule has 3 saturated heterocycles. The Kier molecular flexibility index (Phi) is 11.1. The molecule has 1 aromatic carbocycles. The van der Waals surface area contributed by atoms with Gasteiger partial charge in [0.2, 0.25) is 11.8 Å². The van der Waals surface area contributed by atoms with Gasteiger partial charge in [-0.2, -0.15) is 11.8 Å². The van der Waals surface area contributed by atoms with Gasteiger partial charge in [0, 0.05) is 36.1 Å². The molecule has 5 amide bonds. The first-order chi connectivity index (χ1) is 21.3. The summed E-state index contributed by atoms with van der Waals surface area (Å²) in [5.41, 5.74) is 1.88. The molecule has 0 aliphatic carbocycles. The summed E-state index contributed by atoms with van der Waals surface area (Å²) >= 11 is 3.37. The standard InChI is InChI=1S/C30H39N5O7S2/c1-18-16-44-28-25(27(38)35(28)26(18)29(39)42-15-19-7-3-2-4-8-19)33-23(37)11-13-41-14-12-31-22(36)10-6-5-9-21-24-20(17-43-21)32-30(40)34-24/h2-4,7-8,20-21,24-25,28H,5-6,9-17H2,1H3,(H,31,36)(H,33,37)(H2,32,34,40)/t20-,21-,24-,25-,28-/m0/s1. The van der Waals surface area contributed by atoms with Gasteiger partial charge in [-0.3, -0.25) is 19.3 Å². The number of hydrogen-bond donors (Lipinski definition) is 4. The minimum atomic E-state index is -0.709. The average Bonchev–Trinajstić information content (AvgIpc) is 3.58. The van der Waals surface area contributed by atoms with Crippen LogP contribution in [0.15, 0.2) is 41.6 Å². The number of esters is 1. The zero-order chi connectivity index (χ0) is 31.1. The van der Waals surface area contributed by atoms with Crippen molar-refractivity contribution < 1.29 is 33.4 Å². The number of ether oxygens (including phenoxy) is 2. The molecular formula is C30H39N5O7S2. The average molecular weight is 646 g/mol. The van der Waals surface area contributed by atoms with E-state index in [1.54, 1.807) is 0 Å². The van der Waals surface area contributed by atoms with Gasteiger partial charge >= 0.3 is 12.0 Å². The van der Waals surface area contributed by atoms with Crippen LogP contribution < -0.4 is 21.3 Å². The van der Waals surface area contributed by atoms with Crippen molar-refractivity contribution >= 4 is 53.2 Å². The number of carbonyl (C=O) groups is 5. The largest absolute Gasteiger partial charge is 0.456 e. The van der Waals surface area contributed by atoms with Crippen LogP contribution in [0, 0.1) is 0 Å². The quantitative estimate of drug-likeness (QED) is 0.0965. The number of carbonyl (C=O) groups excluding carboxylic acids is 5. The highest BCUT2D eigenvalue weighted by molar-refractivity contribution is 8.00. The molecule has 0 saturated carbocycles. The van der Waals surface area contributed by atoms with Crippen LogP contribution >= 0.6 is 23.5 Å². The number of nitrogens with zero attached hydrogens (tertiary/aromatic N) is 1. The number of β-lactam (4-membered cyclic amide) rings is 1. The van der Waals surface area contributed by atoms with Crippen LogP contribution in [0.5, 0.6) is 0 Å². The first-order valence-corrected chi connectivity index (χ1v) is 17.1. The molecule has 4 heterocycles. The van der Waals surface area contributed by atoms with E-state index in [0.717, 1.165) is 36.2 Å². The maximum atomic E-state index is 12.9. The molecule has 3 fully saturated rings. The Morgan fingerprint density at radius 1 is 1.02 bits per heavy atom. The van der Waals surface area contributed by atoms with Crippen LogP contribution in [-0.2, 0) is 35.3 Å². The number of fused-ring (bicyclic) bond motifs is 2. The number of urea groups is 1. The minimum absolute atomic E-state index is 0.0373. The fourth-order valence-corrected chi connectivity index (χ4v) is 8.53. The van der Waals surface area contributed by atoms with E-state index in [9.17, 15) is 24.0 Å². The predicted octanol–water partition coefficient (Wildman–Crippen LogP) is 1.65. The number of amides is 5. The molecule has 5 rings (SSSR count). The van der Waals surface area contributed by atoms with Gasteiger partial charge < -0.3 is 30.7 Å². The van der Waals surface area contributed by atoms with E-state index in [0.29, 0.717) is 24.0 Å². The number of thioether (sulfide) groups is 2. The van der Waals surface area contributed by atoms with Crippen LogP contribution in [0.25, 0.3) is 0 Å². The van der Waals surface area contributed by atoms with Crippen molar-refractivity contribution in [1.82, 2.24) is 26.2 Å². The normalized spacial score (nSPS) is 25.4. The molecule has 12 nitrogen and oxygen atoms in total. The zero-order valence-electron chi connectivity index (χ0n) is 24.7.